The predicted octanol–water partition coefficient (Wildman–Crippen LogP) is 5.50. The second-order valence-corrected chi connectivity index (χ2v) is 7.08. The second-order valence-electron chi connectivity index (χ2n) is 6.67. The summed E-state index contributed by atoms with van der Waals surface area (Å²) in [6, 6.07) is 15.2. The number of para-hydroxylation sites is 1. The monoisotopic (exact) mass is 384 g/mol. The van der Waals surface area contributed by atoms with Gasteiger partial charge in [0.05, 0.1) is 6.10 Å². The number of hydrogen-bond donors (Lipinski definition) is 2. The van der Waals surface area contributed by atoms with Crippen molar-refractivity contribution in [1.29, 1.82) is 0 Å². The Labute approximate surface area is 167 Å². The van der Waals surface area contributed by atoms with Crippen molar-refractivity contribution in [3.05, 3.63) is 59.7 Å². The summed E-state index contributed by atoms with van der Waals surface area (Å²) >= 11 is 5.34. The fourth-order valence-corrected chi connectivity index (χ4v) is 2.82. The molecule has 2 atom stereocenters. The van der Waals surface area contributed by atoms with Crippen molar-refractivity contribution in [3.63, 3.8) is 0 Å². The van der Waals surface area contributed by atoms with Crippen molar-refractivity contribution in [2.75, 3.05) is 5.32 Å². The van der Waals surface area contributed by atoms with Crippen LogP contribution in [0.1, 0.15) is 62.4 Å². The molecule has 2 N–H and O–H groups in total. The number of anilines is 1. The number of carbonyl (C=O) groups excluding carboxylic acids is 1. The first-order valence-electron chi connectivity index (χ1n) is 9.42. The molecular formula is C22H28N2O2S. The van der Waals surface area contributed by atoms with Crippen molar-refractivity contribution in [2.24, 2.45) is 0 Å². The van der Waals surface area contributed by atoms with Crippen molar-refractivity contribution >= 4 is 28.9 Å². The van der Waals surface area contributed by atoms with Crippen LogP contribution in [0.4, 0.5) is 5.69 Å². The van der Waals surface area contributed by atoms with Crippen LogP contribution in [0.25, 0.3) is 0 Å². The lowest BCUT2D eigenvalue weighted by atomic mass is 9.97. The average molecular weight is 385 g/mol. The van der Waals surface area contributed by atoms with Crippen molar-refractivity contribution < 1.29 is 9.53 Å². The first kappa shape index (κ1) is 20.9. The number of rotatable bonds is 7. The summed E-state index contributed by atoms with van der Waals surface area (Å²) in [5.41, 5.74) is 2.61. The van der Waals surface area contributed by atoms with E-state index in [1.165, 1.54) is 5.56 Å². The molecule has 0 saturated heterocycles. The molecule has 4 nitrogen and oxygen atoms in total. The summed E-state index contributed by atoms with van der Waals surface area (Å²) in [4.78, 5) is 12.5. The van der Waals surface area contributed by atoms with Gasteiger partial charge in [0.2, 0.25) is 0 Å². The number of nitrogens with one attached hydrogen (secondary N) is 2. The van der Waals surface area contributed by atoms with Gasteiger partial charge in [0.1, 0.15) is 5.75 Å². The average Bonchev–Trinajstić information content (AvgIpc) is 2.67. The molecule has 0 bridgehead atoms. The Morgan fingerprint density at radius 3 is 2.52 bits per heavy atom. The summed E-state index contributed by atoms with van der Waals surface area (Å²) in [6.07, 6.45) is 2.03. The minimum Gasteiger partial charge on any atom is -0.491 e. The summed E-state index contributed by atoms with van der Waals surface area (Å²) in [6.45, 7) is 8.38. The molecule has 2 aromatic rings. The van der Waals surface area contributed by atoms with E-state index < -0.39 is 0 Å². The molecule has 27 heavy (non-hydrogen) atoms. The lowest BCUT2D eigenvalue weighted by Gasteiger charge is -2.17. The third kappa shape index (κ3) is 6.07. The Morgan fingerprint density at radius 1 is 1.07 bits per heavy atom. The van der Waals surface area contributed by atoms with Gasteiger partial charge in [-0.05, 0) is 67.7 Å². The molecule has 0 heterocycles. The maximum Gasteiger partial charge on any atom is 0.257 e. The Balaban J connectivity index is 2.04. The van der Waals surface area contributed by atoms with Crippen LogP contribution in [0.3, 0.4) is 0 Å². The molecule has 0 spiro atoms. The highest BCUT2D eigenvalue weighted by atomic mass is 32.1. The second kappa shape index (κ2) is 10.1. The third-order valence-electron chi connectivity index (χ3n) is 4.59. The molecule has 0 fully saturated rings. The highest BCUT2D eigenvalue weighted by Crippen LogP contribution is 2.26. The normalized spacial score (nSPS) is 12.7. The molecule has 0 aromatic heterocycles. The van der Waals surface area contributed by atoms with Gasteiger partial charge in [-0.15, -0.1) is 0 Å². The van der Waals surface area contributed by atoms with E-state index in [2.05, 4.69) is 37.5 Å². The molecule has 0 unspecified atom stereocenters. The number of carbonyl (C=O) groups is 1. The smallest absolute Gasteiger partial charge is 0.257 e. The molecule has 144 valence electrons. The fraction of sp³-hybridized carbons (Fsp3) is 0.364. The van der Waals surface area contributed by atoms with Gasteiger partial charge in [0.15, 0.2) is 5.11 Å². The van der Waals surface area contributed by atoms with Crippen LogP contribution in [-0.4, -0.2) is 17.1 Å². The zero-order chi connectivity index (χ0) is 19.8. The standard InChI is InChI=1S/C22H28N2O2S/c1-5-15(3)19-12-7-8-13-20(19)23-22(27)24-21(25)17-10-9-11-18(14-17)26-16(4)6-2/h7-16H,5-6H2,1-4H3,(H2,23,24,25,27)/t15-,16+/m1/s1. The largest absolute Gasteiger partial charge is 0.491 e. The van der Waals surface area contributed by atoms with Crippen LogP contribution >= 0.6 is 12.2 Å². The molecule has 0 radical (unpaired) electrons. The van der Waals surface area contributed by atoms with Gasteiger partial charge in [-0.2, -0.15) is 0 Å². The number of ether oxygens (including phenoxy) is 1. The van der Waals surface area contributed by atoms with Gasteiger partial charge < -0.3 is 10.1 Å². The van der Waals surface area contributed by atoms with E-state index in [1.54, 1.807) is 18.2 Å². The Hall–Kier alpha value is -2.40. The lowest BCUT2D eigenvalue weighted by Crippen LogP contribution is -2.34. The molecule has 5 heteroatoms. The summed E-state index contributed by atoms with van der Waals surface area (Å²) in [7, 11) is 0. The Morgan fingerprint density at radius 2 is 1.81 bits per heavy atom. The van der Waals surface area contributed by atoms with E-state index in [0.717, 1.165) is 18.5 Å². The van der Waals surface area contributed by atoms with E-state index in [-0.39, 0.29) is 17.1 Å². The molecule has 0 aliphatic heterocycles. The molecule has 0 saturated carbocycles. The van der Waals surface area contributed by atoms with Crippen LogP contribution in [0.5, 0.6) is 5.75 Å². The minimum atomic E-state index is -0.261. The number of amides is 1. The van der Waals surface area contributed by atoms with Crippen LogP contribution < -0.4 is 15.4 Å². The van der Waals surface area contributed by atoms with E-state index >= 15 is 0 Å². The van der Waals surface area contributed by atoms with Crippen molar-refractivity contribution in [2.45, 2.75) is 52.6 Å². The van der Waals surface area contributed by atoms with Gasteiger partial charge in [-0.3, -0.25) is 10.1 Å². The number of thiocarbonyl (C=S) groups is 1. The summed E-state index contributed by atoms with van der Waals surface area (Å²) in [5, 5.41) is 6.18. The maximum absolute atomic E-state index is 12.5. The highest BCUT2D eigenvalue weighted by molar-refractivity contribution is 7.80. The van der Waals surface area contributed by atoms with E-state index in [9.17, 15) is 4.79 Å². The quantitative estimate of drug-likeness (QED) is 0.619. The Kier molecular flexibility index (Phi) is 7.80. The SMILES string of the molecule is CC[C@@H](C)c1ccccc1NC(=S)NC(=O)c1cccc(O[C@@H](C)CC)c1. The van der Waals surface area contributed by atoms with Gasteiger partial charge >= 0.3 is 0 Å². The maximum atomic E-state index is 12.5. The molecule has 0 aliphatic carbocycles. The van der Waals surface area contributed by atoms with Gasteiger partial charge in [-0.25, -0.2) is 0 Å². The number of benzene rings is 2. The Bertz CT molecular complexity index is 791. The molecule has 2 rings (SSSR count). The van der Waals surface area contributed by atoms with E-state index in [0.29, 0.717) is 17.2 Å². The molecule has 2 aromatic carbocycles. The molecule has 0 aliphatic rings. The minimum absolute atomic E-state index is 0.100. The summed E-state index contributed by atoms with van der Waals surface area (Å²) in [5.74, 6) is 0.822. The number of hydrogen-bond acceptors (Lipinski definition) is 3. The van der Waals surface area contributed by atoms with Gasteiger partial charge in [-0.1, -0.05) is 45.0 Å². The predicted molar refractivity (Wildman–Crippen MR) is 116 cm³/mol. The van der Waals surface area contributed by atoms with Crippen LogP contribution in [0, 0.1) is 0 Å². The van der Waals surface area contributed by atoms with Crippen LogP contribution in [0.2, 0.25) is 0 Å². The summed E-state index contributed by atoms with van der Waals surface area (Å²) < 4.78 is 5.78. The zero-order valence-electron chi connectivity index (χ0n) is 16.4. The topological polar surface area (TPSA) is 50.4 Å². The first-order chi connectivity index (χ1) is 12.9. The fourth-order valence-electron chi connectivity index (χ4n) is 2.62. The third-order valence-corrected chi connectivity index (χ3v) is 4.79. The van der Waals surface area contributed by atoms with Crippen molar-refractivity contribution in [1.82, 2.24) is 5.32 Å². The van der Waals surface area contributed by atoms with Gasteiger partial charge in [0, 0.05) is 11.3 Å². The molecule has 1 amide bonds. The zero-order valence-corrected chi connectivity index (χ0v) is 17.2. The molecular weight excluding hydrogens is 356 g/mol. The lowest BCUT2D eigenvalue weighted by molar-refractivity contribution is 0.0977. The van der Waals surface area contributed by atoms with Crippen molar-refractivity contribution in [3.8, 4) is 5.75 Å². The highest BCUT2D eigenvalue weighted by Gasteiger charge is 2.13. The van der Waals surface area contributed by atoms with E-state index in [1.807, 2.05) is 31.2 Å². The van der Waals surface area contributed by atoms with Crippen LogP contribution in [0.15, 0.2) is 48.5 Å². The van der Waals surface area contributed by atoms with Crippen LogP contribution in [-0.2, 0) is 0 Å². The van der Waals surface area contributed by atoms with E-state index in [4.69, 9.17) is 17.0 Å². The first-order valence-corrected chi connectivity index (χ1v) is 9.83. The van der Waals surface area contributed by atoms with Gasteiger partial charge in [0.25, 0.3) is 5.91 Å².